The molecule has 154 valence electrons. The summed E-state index contributed by atoms with van der Waals surface area (Å²) in [6.45, 7) is 7.61. The zero-order valence-corrected chi connectivity index (χ0v) is 18.6. The predicted molar refractivity (Wildman–Crippen MR) is 133 cm³/mol. The third-order valence-corrected chi connectivity index (χ3v) is 6.75. The van der Waals surface area contributed by atoms with E-state index >= 15 is 0 Å². The maximum atomic E-state index is 2.48. The van der Waals surface area contributed by atoms with Crippen LogP contribution < -0.4 is 14.7 Å². The first-order valence-corrected chi connectivity index (χ1v) is 11.0. The van der Waals surface area contributed by atoms with Crippen molar-refractivity contribution in [1.29, 1.82) is 0 Å². The van der Waals surface area contributed by atoms with Crippen LogP contribution in [0.15, 0.2) is 78.9 Å². The van der Waals surface area contributed by atoms with Crippen molar-refractivity contribution < 1.29 is 0 Å². The first-order chi connectivity index (χ1) is 14.9. The molecule has 0 aromatic heterocycles. The van der Waals surface area contributed by atoms with Gasteiger partial charge < -0.3 is 14.7 Å². The van der Waals surface area contributed by atoms with Gasteiger partial charge in [0.2, 0.25) is 0 Å². The number of anilines is 6. The number of rotatable bonds is 1. The summed E-state index contributed by atoms with van der Waals surface area (Å²) >= 11 is 0. The van der Waals surface area contributed by atoms with Crippen LogP contribution in [0.3, 0.4) is 0 Å². The first-order valence-electron chi connectivity index (χ1n) is 11.0. The Labute approximate surface area is 184 Å². The van der Waals surface area contributed by atoms with E-state index < -0.39 is 0 Å². The van der Waals surface area contributed by atoms with Crippen LogP contribution in [-0.2, 0) is 5.41 Å². The van der Waals surface area contributed by atoms with Gasteiger partial charge in [0, 0.05) is 18.1 Å². The average Bonchev–Trinajstić information content (AvgIpc) is 3.17. The number of fused-ring (bicyclic) bond motifs is 4. The minimum Gasteiger partial charge on any atom is -0.341 e. The van der Waals surface area contributed by atoms with E-state index in [1.54, 1.807) is 0 Å². The topological polar surface area (TPSA) is 9.72 Å². The number of benzene rings is 4. The van der Waals surface area contributed by atoms with Crippen molar-refractivity contribution in [3.8, 4) is 0 Å². The summed E-state index contributed by atoms with van der Waals surface area (Å²) in [5, 5.41) is 2.58. The quantitative estimate of drug-likeness (QED) is 0.325. The maximum absolute atomic E-state index is 2.48. The second-order valence-electron chi connectivity index (χ2n) is 9.65. The molecular weight excluding hydrogens is 378 g/mol. The Kier molecular flexibility index (Phi) is 3.71. The van der Waals surface area contributed by atoms with Crippen LogP contribution in [0.1, 0.15) is 26.3 Å². The molecule has 0 amide bonds. The van der Waals surface area contributed by atoms with Crippen LogP contribution in [0, 0.1) is 0 Å². The molecule has 3 nitrogen and oxygen atoms in total. The molecular formula is C28H27N3. The van der Waals surface area contributed by atoms with Gasteiger partial charge in [0.25, 0.3) is 0 Å². The van der Waals surface area contributed by atoms with E-state index in [1.165, 1.54) is 50.5 Å². The summed E-state index contributed by atoms with van der Waals surface area (Å²) in [4.78, 5) is 7.27. The van der Waals surface area contributed by atoms with Crippen LogP contribution >= 0.6 is 0 Å². The Bertz CT molecular complexity index is 1310. The van der Waals surface area contributed by atoms with E-state index in [0.717, 1.165) is 6.67 Å². The first kappa shape index (κ1) is 18.3. The van der Waals surface area contributed by atoms with E-state index in [9.17, 15) is 0 Å². The molecule has 2 heterocycles. The molecule has 0 atom stereocenters. The van der Waals surface area contributed by atoms with Gasteiger partial charge in [0.15, 0.2) is 0 Å². The molecule has 0 radical (unpaired) electrons. The molecule has 3 heteroatoms. The molecule has 0 fully saturated rings. The van der Waals surface area contributed by atoms with E-state index in [4.69, 9.17) is 0 Å². The molecule has 0 unspecified atom stereocenters. The molecule has 2 aliphatic rings. The lowest BCUT2D eigenvalue weighted by molar-refractivity contribution is 0.590. The average molecular weight is 406 g/mol. The van der Waals surface area contributed by atoms with Crippen molar-refractivity contribution in [3.05, 3.63) is 84.4 Å². The van der Waals surface area contributed by atoms with Crippen molar-refractivity contribution in [2.24, 2.45) is 0 Å². The van der Waals surface area contributed by atoms with Crippen molar-refractivity contribution >= 4 is 44.9 Å². The van der Waals surface area contributed by atoms with Crippen LogP contribution in [0.25, 0.3) is 10.8 Å². The fourth-order valence-electron chi connectivity index (χ4n) is 5.07. The molecule has 0 saturated heterocycles. The molecule has 31 heavy (non-hydrogen) atoms. The zero-order valence-electron chi connectivity index (χ0n) is 18.6. The number of nitrogens with zero attached hydrogens (tertiary/aromatic N) is 3. The van der Waals surface area contributed by atoms with E-state index in [1.807, 2.05) is 0 Å². The van der Waals surface area contributed by atoms with E-state index in [0.29, 0.717) is 0 Å². The highest BCUT2D eigenvalue weighted by atomic mass is 15.4. The molecule has 6 rings (SSSR count). The Hall–Kier alpha value is -3.46. The standard InChI is InChI=1S/C28H27N3/c1-28(2,3)20-13-15-21(16-14-20)30-18-31-25-17-12-19-8-5-6-9-22(19)26(25)29(4)23-10-7-11-24(30)27(23)31/h5-17H,18H2,1-4H3. The molecule has 2 aliphatic heterocycles. The van der Waals surface area contributed by atoms with Gasteiger partial charge in [0.1, 0.15) is 6.67 Å². The van der Waals surface area contributed by atoms with Gasteiger partial charge in [-0.25, -0.2) is 0 Å². The van der Waals surface area contributed by atoms with Crippen molar-refractivity contribution in [1.82, 2.24) is 0 Å². The predicted octanol–water partition coefficient (Wildman–Crippen LogP) is 7.47. The largest absolute Gasteiger partial charge is 0.341 e. The van der Waals surface area contributed by atoms with Gasteiger partial charge in [-0.2, -0.15) is 0 Å². The molecule has 0 N–H and O–H groups in total. The Morgan fingerprint density at radius 2 is 1.35 bits per heavy atom. The van der Waals surface area contributed by atoms with E-state index in [-0.39, 0.29) is 5.41 Å². The molecule has 4 aromatic carbocycles. The maximum Gasteiger partial charge on any atom is 0.100 e. The van der Waals surface area contributed by atoms with Gasteiger partial charge in [-0.15, -0.1) is 0 Å². The van der Waals surface area contributed by atoms with Gasteiger partial charge in [-0.3, -0.25) is 0 Å². The van der Waals surface area contributed by atoms with E-state index in [2.05, 4.69) is 121 Å². The Morgan fingerprint density at radius 1 is 0.645 bits per heavy atom. The molecule has 0 aliphatic carbocycles. The van der Waals surface area contributed by atoms with Crippen LogP contribution in [0.4, 0.5) is 34.1 Å². The normalized spacial score (nSPS) is 14.8. The number of para-hydroxylation sites is 1. The summed E-state index contributed by atoms with van der Waals surface area (Å²) in [5.41, 5.74) is 9.15. The molecule has 0 spiro atoms. The van der Waals surface area contributed by atoms with Gasteiger partial charge in [0.05, 0.1) is 28.4 Å². The molecule has 4 aromatic rings. The van der Waals surface area contributed by atoms with Crippen molar-refractivity contribution in [2.75, 3.05) is 28.4 Å². The van der Waals surface area contributed by atoms with Gasteiger partial charge >= 0.3 is 0 Å². The fourth-order valence-corrected chi connectivity index (χ4v) is 5.07. The van der Waals surface area contributed by atoms with Crippen molar-refractivity contribution in [3.63, 3.8) is 0 Å². The minimum absolute atomic E-state index is 0.159. The number of hydrogen-bond donors (Lipinski definition) is 0. The highest BCUT2D eigenvalue weighted by molar-refractivity contribution is 6.10. The molecule has 0 saturated carbocycles. The highest BCUT2D eigenvalue weighted by Crippen LogP contribution is 2.57. The Balaban J connectivity index is 1.51. The van der Waals surface area contributed by atoms with Crippen LogP contribution in [0.2, 0.25) is 0 Å². The monoisotopic (exact) mass is 405 g/mol. The fraction of sp³-hybridized carbons (Fsp3) is 0.214. The number of hydrogen-bond acceptors (Lipinski definition) is 3. The minimum atomic E-state index is 0.159. The lowest BCUT2D eigenvalue weighted by Gasteiger charge is -2.36. The third kappa shape index (κ3) is 2.59. The Morgan fingerprint density at radius 3 is 2.13 bits per heavy atom. The van der Waals surface area contributed by atoms with Gasteiger partial charge in [-0.1, -0.05) is 69.3 Å². The molecule has 0 bridgehead atoms. The van der Waals surface area contributed by atoms with Crippen LogP contribution in [0.5, 0.6) is 0 Å². The smallest absolute Gasteiger partial charge is 0.100 e. The summed E-state index contributed by atoms with van der Waals surface area (Å²) in [7, 11) is 2.19. The van der Waals surface area contributed by atoms with Crippen molar-refractivity contribution in [2.45, 2.75) is 26.2 Å². The third-order valence-electron chi connectivity index (χ3n) is 6.75. The summed E-state index contributed by atoms with van der Waals surface area (Å²) in [5.74, 6) is 0. The summed E-state index contributed by atoms with van der Waals surface area (Å²) < 4.78 is 0. The summed E-state index contributed by atoms with van der Waals surface area (Å²) in [6.07, 6.45) is 0. The van der Waals surface area contributed by atoms with Gasteiger partial charge in [-0.05, 0) is 46.7 Å². The lowest BCUT2D eigenvalue weighted by atomic mass is 9.87. The second-order valence-corrected chi connectivity index (χ2v) is 9.65. The zero-order chi connectivity index (χ0) is 21.3. The summed E-state index contributed by atoms with van der Waals surface area (Å²) in [6, 6.07) is 29.0. The van der Waals surface area contributed by atoms with Crippen LogP contribution in [-0.4, -0.2) is 13.7 Å². The lowest BCUT2D eigenvalue weighted by Crippen LogP contribution is -2.28. The SMILES string of the molecule is CN1c2cccc3c2N(CN3c2ccc(C(C)(C)C)cc2)c2ccc3ccccc3c21. The second kappa shape index (κ2) is 6.27. The highest BCUT2D eigenvalue weighted by Gasteiger charge is 2.37.